The van der Waals surface area contributed by atoms with E-state index in [1.165, 1.54) is 12.7 Å². The van der Waals surface area contributed by atoms with Crippen molar-refractivity contribution in [2.45, 2.75) is 12.8 Å². The van der Waals surface area contributed by atoms with Crippen molar-refractivity contribution in [1.82, 2.24) is 0 Å². The van der Waals surface area contributed by atoms with Gasteiger partial charge < -0.3 is 9.84 Å². The van der Waals surface area contributed by atoms with Gasteiger partial charge in [-0.25, -0.2) is 4.79 Å². The van der Waals surface area contributed by atoms with Crippen LogP contribution in [-0.4, -0.2) is 18.2 Å². The summed E-state index contributed by atoms with van der Waals surface area (Å²) in [5.74, 6) is -0.0767. The van der Waals surface area contributed by atoms with Gasteiger partial charge in [-0.15, -0.1) is 0 Å². The molecule has 0 unspecified atom stereocenters. The Balaban J connectivity index is 2.08. The summed E-state index contributed by atoms with van der Waals surface area (Å²) in [5.41, 5.74) is 4.99. The topological polar surface area (TPSA) is 46.5 Å². The number of esters is 1. The molecule has 3 heteroatoms. The van der Waals surface area contributed by atoms with E-state index in [0.717, 1.165) is 29.5 Å². The molecular formula is C18H16O3. The van der Waals surface area contributed by atoms with Crippen LogP contribution in [0.15, 0.2) is 48.5 Å². The second-order valence-electron chi connectivity index (χ2n) is 5.07. The Labute approximate surface area is 123 Å². The molecule has 3 nitrogen and oxygen atoms in total. The van der Waals surface area contributed by atoms with Gasteiger partial charge in [-0.05, 0) is 59.4 Å². The highest BCUT2D eigenvalue weighted by Crippen LogP contribution is 2.33. The van der Waals surface area contributed by atoms with Crippen molar-refractivity contribution in [2.75, 3.05) is 7.11 Å². The minimum absolute atomic E-state index is 0.249. The number of benzene rings is 2. The highest BCUT2D eigenvalue weighted by molar-refractivity contribution is 5.92. The summed E-state index contributed by atoms with van der Waals surface area (Å²) in [4.78, 5) is 11.7. The molecule has 106 valence electrons. The number of phenolic OH excluding ortho intramolecular Hbond substituents is 1. The van der Waals surface area contributed by atoms with E-state index in [1.807, 2.05) is 30.3 Å². The third-order valence-electron chi connectivity index (χ3n) is 3.76. The van der Waals surface area contributed by atoms with E-state index in [1.54, 1.807) is 12.1 Å². The van der Waals surface area contributed by atoms with Crippen LogP contribution in [0.4, 0.5) is 0 Å². The first kappa shape index (κ1) is 13.4. The van der Waals surface area contributed by atoms with Crippen LogP contribution in [-0.2, 0) is 11.2 Å². The second kappa shape index (κ2) is 5.44. The van der Waals surface area contributed by atoms with Crippen LogP contribution in [0.2, 0.25) is 0 Å². The predicted molar refractivity (Wildman–Crippen MR) is 81.3 cm³/mol. The number of allylic oxidation sites excluding steroid dienone is 1. The van der Waals surface area contributed by atoms with E-state index < -0.39 is 0 Å². The summed E-state index contributed by atoms with van der Waals surface area (Å²) >= 11 is 0. The van der Waals surface area contributed by atoms with E-state index in [2.05, 4.69) is 6.08 Å². The van der Waals surface area contributed by atoms with Crippen molar-refractivity contribution in [1.29, 1.82) is 0 Å². The normalized spacial score (nSPS) is 13.3. The fourth-order valence-corrected chi connectivity index (χ4v) is 2.69. The number of fused-ring (bicyclic) bond motifs is 1. The fourth-order valence-electron chi connectivity index (χ4n) is 2.69. The lowest BCUT2D eigenvalue weighted by atomic mass is 9.86. The van der Waals surface area contributed by atoms with Crippen LogP contribution < -0.4 is 0 Å². The molecule has 3 rings (SSSR count). The lowest BCUT2D eigenvalue weighted by Crippen LogP contribution is -2.06. The molecule has 0 saturated heterocycles. The van der Waals surface area contributed by atoms with E-state index in [-0.39, 0.29) is 11.7 Å². The minimum atomic E-state index is -0.326. The molecule has 21 heavy (non-hydrogen) atoms. The van der Waals surface area contributed by atoms with E-state index in [0.29, 0.717) is 5.56 Å². The molecule has 2 aromatic carbocycles. The van der Waals surface area contributed by atoms with Gasteiger partial charge in [-0.2, -0.15) is 0 Å². The first-order chi connectivity index (χ1) is 10.2. The molecule has 0 aliphatic heterocycles. The number of methoxy groups -OCH3 is 1. The highest BCUT2D eigenvalue weighted by atomic mass is 16.5. The molecule has 0 bridgehead atoms. The first-order valence-corrected chi connectivity index (χ1v) is 6.90. The van der Waals surface area contributed by atoms with Gasteiger partial charge in [0.2, 0.25) is 0 Å². The second-order valence-corrected chi connectivity index (χ2v) is 5.07. The number of carbonyl (C=O) groups excluding carboxylic acids is 1. The summed E-state index contributed by atoms with van der Waals surface area (Å²) in [6, 6.07) is 12.8. The number of aryl methyl sites for hydroxylation is 1. The van der Waals surface area contributed by atoms with Gasteiger partial charge in [0.25, 0.3) is 0 Å². The number of hydrogen-bond acceptors (Lipinski definition) is 3. The van der Waals surface area contributed by atoms with Crippen molar-refractivity contribution in [3.8, 4) is 5.75 Å². The number of phenols is 1. The van der Waals surface area contributed by atoms with Crippen molar-refractivity contribution < 1.29 is 14.6 Å². The molecule has 0 amide bonds. The van der Waals surface area contributed by atoms with Crippen LogP contribution in [0.5, 0.6) is 5.75 Å². The van der Waals surface area contributed by atoms with Crippen LogP contribution in [0, 0.1) is 0 Å². The summed E-state index contributed by atoms with van der Waals surface area (Å²) < 4.78 is 4.79. The zero-order valence-corrected chi connectivity index (χ0v) is 11.8. The Morgan fingerprint density at radius 3 is 2.62 bits per heavy atom. The maximum Gasteiger partial charge on any atom is 0.337 e. The maximum atomic E-state index is 11.7. The van der Waals surface area contributed by atoms with Gasteiger partial charge in [0.1, 0.15) is 5.75 Å². The lowest BCUT2D eigenvalue weighted by molar-refractivity contribution is 0.0600. The minimum Gasteiger partial charge on any atom is -0.508 e. The van der Waals surface area contributed by atoms with Crippen molar-refractivity contribution in [3.63, 3.8) is 0 Å². The van der Waals surface area contributed by atoms with Crippen LogP contribution in [0.25, 0.3) is 5.57 Å². The molecule has 0 heterocycles. The maximum absolute atomic E-state index is 11.7. The molecule has 1 aliphatic carbocycles. The molecule has 0 spiro atoms. The third-order valence-corrected chi connectivity index (χ3v) is 3.76. The highest BCUT2D eigenvalue weighted by Gasteiger charge is 2.17. The third kappa shape index (κ3) is 2.55. The largest absolute Gasteiger partial charge is 0.508 e. The van der Waals surface area contributed by atoms with Gasteiger partial charge in [-0.3, -0.25) is 0 Å². The number of ether oxygens (including phenoxy) is 1. The zero-order valence-electron chi connectivity index (χ0n) is 11.8. The SMILES string of the molecule is COC(=O)c1ccc2c(c1)C(c1ccc(O)cc1)=CCC2. The Kier molecular flexibility index (Phi) is 3.48. The van der Waals surface area contributed by atoms with Gasteiger partial charge >= 0.3 is 5.97 Å². The van der Waals surface area contributed by atoms with Crippen LogP contribution in [0.1, 0.15) is 33.5 Å². The quantitative estimate of drug-likeness (QED) is 0.856. The average Bonchev–Trinajstić information content (AvgIpc) is 2.54. The molecular weight excluding hydrogens is 264 g/mol. The van der Waals surface area contributed by atoms with Crippen molar-refractivity contribution in [2.24, 2.45) is 0 Å². The molecule has 0 saturated carbocycles. The van der Waals surface area contributed by atoms with Gasteiger partial charge in [0.15, 0.2) is 0 Å². The van der Waals surface area contributed by atoms with Crippen molar-refractivity contribution in [3.05, 3.63) is 70.8 Å². The van der Waals surface area contributed by atoms with Crippen LogP contribution in [0.3, 0.4) is 0 Å². The Hall–Kier alpha value is -2.55. The van der Waals surface area contributed by atoms with E-state index >= 15 is 0 Å². The Morgan fingerprint density at radius 2 is 1.90 bits per heavy atom. The smallest absolute Gasteiger partial charge is 0.337 e. The zero-order chi connectivity index (χ0) is 14.8. The molecule has 1 N–H and O–H groups in total. The molecule has 1 aliphatic rings. The van der Waals surface area contributed by atoms with Gasteiger partial charge in [0, 0.05) is 0 Å². The number of aromatic hydroxyl groups is 1. The fraction of sp³-hybridized carbons (Fsp3) is 0.167. The number of hydrogen-bond donors (Lipinski definition) is 1. The Morgan fingerprint density at radius 1 is 1.14 bits per heavy atom. The van der Waals surface area contributed by atoms with Gasteiger partial charge in [-0.1, -0.05) is 24.3 Å². The molecule has 0 radical (unpaired) electrons. The molecule has 2 aromatic rings. The van der Waals surface area contributed by atoms with E-state index in [4.69, 9.17) is 4.74 Å². The summed E-state index contributed by atoms with van der Waals surface area (Å²) in [6.45, 7) is 0. The van der Waals surface area contributed by atoms with E-state index in [9.17, 15) is 9.90 Å². The van der Waals surface area contributed by atoms with Crippen molar-refractivity contribution >= 4 is 11.5 Å². The standard InChI is InChI=1S/C18H16O3/c1-21-18(20)14-6-5-12-3-2-4-16(17(12)11-14)13-7-9-15(19)10-8-13/h4-11,19H,2-3H2,1H3. The lowest BCUT2D eigenvalue weighted by Gasteiger charge is -2.19. The summed E-state index contributed by atoms with van der Waals surface area (Å²) in [5, 5.41) is 9.42. The Bertz CT molecular complexity index is 712. The monoisotopic (exact) mass is 280 g/mol. The molecule has 0 atom stereocenters. The number of rotatable bonds is 2. The van der Waals surface area contributed by atoms with Crippen LogP contribution >= 0.6 is 0 Å². The van der Waals surface area contributed by atoms with Gasteiger partial charge in [0.05, 0.1) is 12.7 Å². The molecule has 0 fully saturated rings. The average molecular weight is 280 g/mol. The summed E-state index contributed by atoms with van der Waals surface area (Å²) in [7, 11) is 1.39. The number of carbonyl (C=O) groups is 1. The molecule has 0 aromatic heterocycles. The summed E-state index contributed by atoms with van der Waals surface area (Å²) in [6.07, 6.45) is 4.12. The first-order valence-electron chi connectivity index (χ1n) is 6.90. The predicted octanol–water partition coefficient (Wildman–Crippen LogP) is 3.56.